The molecule has 0 radical (unpaired) electrons. The van der Waals surface area contributed by atoms with E-state index < -0.39 is 0 Å². The summed E-state index contributed by atoms with van der Waals surface area (Å²) < 4.78 is 6.43. The molecule has 26 heavy (non-hydrogen) atoms. The summed E-state index contributed by atoms with van der Waals surface area (Å²) in [6.07, 6.45) is 4.48. The standard InChI is InChI=1S/C19H16ClN3O3/c20-15-5-3-14(4-6-15)17-8-10-19(25)23(22-17)12-11-21-18(24)9-7-16-2-1-13-26-16/h1-10,13H,11-12H2,(H,21,24)/b9-7+. The number of aromatic nitrogens is 2. The highest BCUT2D eigenvalue weighted by Gasteiger charge is 2.04. The summed E-state index contributed by atoms with van der Waals surface area (Å²) >= 11 is 5.88. The third-order valence-corrected chi connectivity index (χ3v) is 3.82. The van der Waals surface area contributed by atoms with Crippen molar-refractivity contribution in [2.75, 3.05) is 6.54 Å². The monoisotopic (exact) mass is 369 g/mol. The fourth-order valence-electron chi connectivity index (χ4n) is 2.27. The van der Waals surface area contributed by atoms with Gasteiger partial charge in [-0.15, -0.1) is 0 Å². The highest BCUT2D eigenvalue weighted by atomic mass is 35.5. The molecular weight excluding hydrogens is 354 g/mol. The van der Waals surface area contributed by atoms with Gasteiger partial charge in [-0.25, -0.2) is 4.68 Å². The smallest absolute Gasteiger partial charge is 0.266 e. The van der Waals surface area contributed by atoms with Gasteiger partial charge in [-0.05, 0) is 36.4 Å². The Morgan fingerprint density at radius 3 is 2.73 bits per heavy atom. The van der Waals surface area contributed by atoms with Gasteiger partial charge in [-0.1, -0.05) is 23.7 Å². The SMILES string of the molecule is O=C(/C=C/c1ccco1)NCCn1nc(-c2ccc(Cl)cc2)ccc1=O. The Kier molecular flexibility index (Phi) is 5.66. The van der Waals surface area contributed by atoms with Crippen LogP contribution in [0.1, 0.15) is 5.76 Å². The number of carbonyl (C=O) groups is 1. The van der Waals surface area contributed by atoms with E-state index in [9.17, 15) is 9.59 Å². The average molecular weight is 370 g/mol. The van der Waals surface area contributed by atoms with Gasteiger partial charge in [-0.2, -0.15) is 5.10 Å². The average Bonchev–Trinajstić information content (AvgIpc) is 3.16. The van der Waals surface area contributed by atoms with Gasteiger partial charge in [-0.3, -0.25) is 9.59 Å². The van der Waals surface area contributed by atoms with Crippen LogP contribution in [0.25, 0.3) is 17.3 Å². The van der Waals surface area contributed by atoms with Gasteiger partial charge in [0, 0.05) is 29.3 Å². The second kappa shape index (κ2) is 8.31. The number of benzene rings is 1. The van der Waals surface area contributed by atoms with Crippen LogP contribution in [0, 0.1) is 0 Å². The Hall–Kier alpha value is -3.12. The summed E-state index contributed by atoms with van der Waals surface area (Å²) in [5, 5.41) is 7.67. The zero-order valence-corrected chi connectivity index (χ0v) is 14.5. The predicted octanol–water partition coefficient (Wildman–Crippen LogP) is 2.99. The third kappa shape index (κ3) is 4.70. The van der Waals surface area contributed by atoms with Crippen LogP contribution in [-0.2, 0) is 11.3 Å². The molecule has 1 N–H and O–H groups in total. The van der Waals surface area contributed by atoms with Gasteiger partial charge in [0.2, 0.25) is 5.91 Å². The van der Waals surface area contributed by atoms with E-state index in [2.05, 4.69) is 10.4 Å². The maximum absolute atomic E-state index is 12.0. The van der Waals surface area contributed by atoms with Crippen LogP contribution in [0.15, 0.2) is 70.1 Å². The lowest BCUT2D eigenvalue weighted by Crippen LogP contribution is -2.31. The maximum atomic E-state index is 12.0. The van der Waals surface area contributed by atoms with E-state index in [1.165, 1.54) is 23.1 Å². The molecule has 132 valence electrons. The van der Waals surface area contributed by atoms with Gasteiger partial charge in [0.1, 0.15) is 5.76 Å². The molecule has 1 amide bonds. The van der Waals surface area contributed by atoms with Crippen molar-refractivity contribution in [2.45, 2.75) is 6.54 Å². The van der Waals surface area contributed by atoms with Crippen molar-refractivity contribution in [1.82, 2.24) is 15.1 Å². The number of halogens is 1. The molecular formula is C19H16ClN3O3. The van der Waals surface area contributed by atoms with E-state index in [-0.39, 0.29) is 24.6 Å². The largest absolute Gasteiger partial charge is 0.465 e. The first-order valence-corrected chi connectivity index (χ1v) is 8.33. The minimum Gasteiger partial charge on any atom is -0.465 e. The molecule has 0 unspecified atom stereocenters. The molecule has 0 saturated heterocycles. The number of nitrogens with zero attached hydrogens (tertiary/aromatic N) is 2. The quantitative estimate of drug-likeness (QED) is 0.677. The van der Waals surface area contributed by atoms with Crippen LogP contribution in [0.5, 0.6) is 0 Å². The first kappa shape index (κ1) is 17.7. The molecule has 0 saturated carbocycles. The van der Waals surface area contributed by atoms with Crippen molar-refractivity contribution in [1.29, 1.82) is 0 Å². The van der Waals surface area contributed by atoms with Crippen molar-refractivity contribution in [3.05, 3.63) is 82.0 Å². The highest BCUT2D eigenvalue weighted by Crippen LogP contribution is 2.18. The lowest BCUT2D eigenvalue weighted by Gasteiger charge is -2.07. The number of hydrogen-bond acceptors (Lipinski definition) is 4. The second-order valence-corrected chi connectivity index (χ2v) is 5.86. The molecule has 0 aliphatic heterocycles. The maximum Gasteiger partial charge on any atom is 0.266 e. The minimum atomic E-state index is -0.275. The van der Waals surface area contributed by atoms with E-state index in [4.69, 9.17) is 16.0 Å². The lowest BCUT2D eigenvalue weighted by atomic mass is 10.1. The van der Waals surface area contributed by atoms with Crippen LogP contribution in [0.4, 0.5) is 0 Å². The first-order valence-electron chi connectivity index (χ1n) is 7.95. The normalized spacial score (nSPS) is 11.0. The Labute approximate surface area is 154 Å². The molecule has 0 bridgehead atoms. The molecule has 0 fully saturated rings. The van der Waals surface area contributed by atoms with Crippen molar-refractivity contribution in [2.24, 2.45) is 0 Å². The number of rotatable bonds is 6. The zero-order valence-electron chi connectivity index (χ0n) is 13.8. The van der Waals surface area contributed by atoms with Crippen LogP contribution < -0.4 is 10.9 Å². The molecule has 0 aliphatic carbocycles. The number of amides is 1. The van der Waals surface area contributed by atoms with Crippen molar-refractivity contribution in [3.63, 3.8) is 0 Å². The fourth-order valence-corrected chi connectivity index (χ4v) is 2.40. The van der Waals surface area contributed by atoms with Crippen LogP contribution in [0.2, 0.25) is 5.02 Å². The summed E-state index contributed by atoms with van der Waals surface area (Å²) in [6, 6.07) is 13.8. The molecule has 3 aromatic rings. The van der Waals surface area contributed by atoms with Gasteiger partial charge in [0.25, 0.3) is 5.56 Å². The third-order valence-electron chi connectivity index (χ3n) is 3.57. The molecule has 7 heteroatoms. The van der Waals surface area contributed by atoms with E-state index >= 15 is 0 Å². The molecule has 0 aliphatic rings. The molecule has 3 rings (SSSR count). The summed E-state index contributed by atoms with van der Waals surface area (Å²) in [5.74, 6) is 0.317. The van der Waals surface area contributed by atoms with Crippen LogP contribution in [-0.4, -0.2) is 22.2 Å². The van der Waals surface area contributed by atoms with E-state index in [0.717, 1.165) is 5.56 Å². The summed E-state index contributed by atoms with van der Waals surface area (Å²) in [6.45, 7) is 0.541. The Balaban J connectivity index is 1.61. The van der Waals surface area contributed by atoms with E-state index in [1.807, 2.05) is 12.1 Å². The molecule has 1 aromatic carbocycles. The van der Waals surface area contributed by atoms with Crippen molar-refractivity contribution in [3.8, 4) is 11.3 Å². The fraction of sp³-hybridized carbons (Fsp3) is 0.105. The number of nitrogens with one attached hydrogen (secondary N) is 1. The second-order valence-electron chi connectivity index (χ2n) is 5.43. The van der Waals surface area contributed by atoms with Crippen LogP contribution in [0.3, 0.4) is 0 Å². The zero-order chi connectivity index (χ0) is 18.4. The Bertz CT molecular complexity index is 960. The highest BCUT2D eigenvalue weighted by molar-refractivity contribution is 6.30. The summed E-state index contributed by atoms with van der Waals surface area (Å²) in [4.78, 5) is 23.7. The van der Waals surface area contributed by atoms with E-state index in [0.29, 0.717) is 16.5 Å². The van der Waals surface area contributed by atoms with E-state index in [1.54, 1.807) is 36.4 Å². The minimum absolute atomic E-state index is 0.233. The summed E-state index contributed by atoms with van der Waals surface area (Å²) in [5.41, 5.74) is 1.28. The Morgan fingerprint density at radius 1 is 1.19 bits per heavy atom. The number of carbonyl (C=O) groups excluding carboxylic acids is 1. The van der Waals surface area contributed by atoms with Crippen molar-refractivity contribution >= 4 is 23.6 Å². The molecule has 0 atom stereocenters. The van der Waals surface area contributed by atoms with Gasteiger partial charge < -0.3 is 9.73 Å². The van der Waals surface area contributed by atoms with Gasteiger partial charge in [0.05, 0.1) is 18.5 Å². The molecule has 0 spiro atoms. The number of hydrogen-bond donors (Lipinski definition) is 1. The lowest BCUT2D eigenvalue weighted by molar-refractivity contribution is -0.116. The Morgan fingerprint density at radius 2 is 2.00 bits per heavy atom. The predicted molar refractivity (Wildman–Crippen MR) is 99.7 cm³/mol. The topological polar surface area (TPSA) is 77.1 Å². The van der Waals surface area contributed by atoms with Crippen molar-refractivity contribution < 1.29 is 9.21 Å². The summed E-state index contributed by atoms with van der Waals surface area (Å²) in [7, 11) is 0. The van der Waals surface area contributed by atoms with Gasteiger partial charge in [0.15, 0.2) is 0 Å². The van der Waals surface area contributed by atoms with Gasteiger partial charge >= 0.3 is 0 Å². The first-order chi connectivity index (χ1) is 12.6. The molecule has 6 nitrogen and oxygen atoms in total. The number of furan rings is 1. The molecule has 2 heterocycles. The molecule has 2 aromatic heterocycles. The van der Waals surface area contributed by atoms with Crippen LogP contribution >= 0.6 is 11.6 Å².